The maximum absolute atomic E-state index is 13.2. The van der Waals surface area contributed by atoms with Gasteiger partial charge in [0.05, 0.1) is 38.1 Å². The third kappa shape index (κ3) is 4.03. The molecule has 3 saturated heterocycles. The molecule has 4 heterocycles. The highest BCUT2D eigenvalue weighted by molar-refractivity contribution is 4.97. The minimum atomic E-state index is -2.03. The summed E-state index contributed by atoms with van der Waals surface area (Å²) in [5.74, 6) is -0.616. The van der Waals surface area contributed by atoms with E-state index in [1.54, 1.807) is 0 Å². The number of aliphatic hydroxyl groups excluding tert-OH is 2. The highest BCUT2D eigenvalue weighted by Crippen LogP contribution is 2.40. The molecule has 12 nitrogen and oxygen atoms in total. The molecule has 0 radical (unpaired) electrons. The molecule has 3 aliphatic rings. The van der Waals surface area contributed by atoms with Crippen molar-refractivity contribution in [3.8, 4) is 0 Å². The van der Waals surface area contributed by atoms with E-state index in [-0.39, 0.29) is 24.7 Å². The Bertz CT molecular complexity index is 908. The van der Waals surface area contributed by atoms with Crippen molar-refractivity contribution in [1.82, 2.24) is 13.7 Å². The molecule has 1 aromatic rings. The Morgan fingerprint density at radius 3 is 1.60 bits per heavy atom. The molecular weight excluding hydrogens is 402 g/mol. The summed E-state index contributed by atoms with van der Waals surface area (Å²) in [6, 6.07) is 0. The second kappa shape index (κ2) is 7.70. The third-order valence-corrected chi connectivity index (χ3v) is 5.83. The Morgan fingerprint density at radius 1 is 0.867 bits per heavy atom. The van der Waals surface area contributed by atoms with Gasteiger partial charge in [0.1, 0.15) is 12.5 Å². The number of epoxide rings is 3. The molecule has 4 rings (SSSR count). The maximum Gasteiger partial charge on any atom is 0.340 e. The van der Waals surface area contributed by atoms with Crippen molar-refractivity contribution in [2.45, 2.75) is 69.6 Å². The molecule has 0 aromatic carbocycles. The van der Waals surface area contributed by atoms with Crippen LogP contribution in [0.5, 0.6) is 0 Å². The van der Waals surface area contributed by atoms with Gasteiger partial charge in [0, 0.05) is 12.3 Å². The van der Waals surface area contributed by atoms with Crippen LogP contribution >= 0.6 is 0 Å². The molecule has 0 spiro atoms. The number of hydrogen-bond acceptors (Lipinski definition) is 9. The molecule has 0 aliphatic carbocycles. The van der Waals surface area contributed by atoms with Crippen LogP contribution in [0.25, 0.3) is 0 Å². The van der Waals surface area contributed by atoms with Crippen LogP contribution in [-0.2, 0) is 19.9 Å². The van der Waals surface area contributed by atoms with Crippen molar-refractivity contribution in [1.29, 1.82) is 0 Å². The molecule has 3 N–H and O–H groups in total. The van der Waals surface area contributed by atoms with Gasteiger partial charge < -0.3 is 29.5 Å². The molecule has 12 heteroatoms. The summed E-state index contributed by atoms with van der Waals surface area (Å²) in [7, 11) is 0. The lowest BCUT2D eigenvalue weighted by Crippen LogP contribution is -2.63. The molecular formula is C18H27N3O9. The predicted octanol–water partition coefficient (Wildman–Crippen LogP) is -2.18. The minimum Gasteiger partial charge on any atom is -0.373 e. The fourth-order valence-electron chi connectivity index (χ4n) is 4.03. The van der Waals surface area contributed by atoms with E-state index in [2.05, 4.69) is 0 Å². The van der Waals surface area contributed by atoms with E-state index in [0.717, 1.165) is 0 Å². The van der Waals surface area contributed by atoms with Gasteiger partial charge in [-0.15, -0.1) is 0 Å². The Kier molecular flexibility index (Phi) is 5.49. The largest absolute Gasteiger partial charge is 0.373 e. The summed E-state index contributed by atoms with van der Waals surface area (Å²) in [4.78, 5) is 39.0. The monoisotopic (exact) mass is 429 g/mol. The first kappa shape index (κ1) is 21.4. The van der Waals surface area contributed by atoms with Crippen molar-refractivity contribution in [3.05, 3.63) is 31.5 Å². The standard InChI is InChI=1S/C18H27N3O9/c1-9(22)19-15(24)20(10(2)23)17(26)21(16(19)25)18(27,5-14-8-30-14)11(3-12-6-28-12)4-13-7-29-13/h9-14,22-23,27H,3-8H2,1-2H3. The number of rotatable bonds is 10. The van der Waals surface area contributed by atoms with E-state index in [4.69, 9.17) is 14.2 Å². The van der Waals surface area contributed by atoms with E-state index in [1.807, 2.05) is 0 Å². The number of aromatic nitrogens is 3. The van der Waals surface area contributed by atoms with Gasteiger partial charge in [0.25, 0.3) is 0 Å². The van der Waals surface area contributed by atoms with Crippen LogP contribution in [-0.4, -0.2) is 67.2 Å². The molecule has 0 bridgehead atoms. The van der Waals surface area contributed by atoms with Crippen molar-refractivity contribution in [2.75, 3.05) is 19.8 Å². The Balaban J connectivity index is 1.92. The number of aliphatic hydroxyl groups is 3. The molecule has 30 heavy (non-hydrogen) atoms. The number of nitrogens with zero attached hydrogens (tertiary/aromatic N) is 3. The second-order valence-electron chi connectivity index (χ2n) is 8.30. The first-order valence-corrected chi connectivity index (χ1v) is 10.1. The maximum atomic E-state index is 13.2. The fourth-order valence-corrected chi connectivity index (χ4v) is 4.03. The smallest absolute Gasteiger partial charge is 0.340 e. The highest BCUT2D eigenvalue weighted by Gasteiger charge is 2.50. The van der Waals surface area contributed by atoms with Crippen LogP contribution < -0.4 is 17.1 Å². The lowest BCUT2D eigenvalue weighted by atomic mass is 9.83. The van der Waals surface area contributed by atoms with Gasteiger partial charge in [0.2, 0.25) is 0 Å². The van der Waals surface area contributed by atoms with Crippen LogP contribution in [0, 0.1) is 5.92 Å². The van der Waals surface area contributed by atoms with Crippen LogP contribution in [0.1, 0.15) is 45.6 Å². The molecule has 1 aromatic heterocycles. The lowest BCUT2D eigenvalue weighted by molar-refractivity contribution is -0.123. The third-order valence-electron chi connectivity index (χ3n) is 5.83. The van der Waals surface area contributed by atoms with E-state index >= 15 is 0 Å². The van der Waals surface area contributed by atoms with Crippen LogP contribution in [0.3, 0.4) is 0 Å². The Hall–Kier alpha value is -1.83. The van der Waals surface area contributed by atoms with Crippen molar-refractivity contribution >= 4 is 0 Å². The molecule has 0 amide bonds. The van der Waals surface area contributed by atoms with E-state index < -0.39 is 41.2 Å². The Morgan fingerprint density at radius 2 is 1.27 bits per heavy atom. The van der Waals surface area contributed by atoms with Crippen molar-refractivity contribution in [3.63, 3.8) is 0 Å². The fraction of sp³-hybridized carbons (Fsp3) is 0.833. The summed E-state index contributed by atoms with van der Waals surface area (Å²) in [6.45, 7) is 3.75. The average molecular weight is 429 g/mol. The molecule has 6 atom stereocenters. The summed E-state index contributed by atoms with van der Waals surface area (Å²) < 4.78 is 17.3. The zero-order chi connectivity index (χ0) is 21.8. The lowest BCUT2D eigenvalue weighted by Gasteiger charge is -2.37. The van der Waals surface area contributed by atoms with Gasteiger partial charge in [0.15, 0.2) is 5.72 Å². The normalized spacial score (nSPS) is 29.7. The quantitative estimate of drug-likeness (QED) is 0.351. The first-order valence-electron chi connectivity index (χ1n) is 10.1. The summed E-state index contributed by atoms with van der Waals surface area (Å²) >= 11 is 0. The second-order valence-corrected chi connectivity index (χ2v) is 8.30. The first-order chi connectivity index (χ1) is 14.1. The zero-order valence-corrected chi connectivity index (χ0v) is 16.8. The average Bonchev–Trinajstić information content (AvgIpc) is 3.48. The number of ether oxygens (including phenoxy) is 3. The number of hydrogen-bond donors (Lipinski definition) is 3. The predicted molar refractivity (Wildman–Crippen MR) is 99.8 cm³/mol. The van der Waals surface area contributed by atoms with Crippen LogP contribution in [0.2, 0.25) is 0 Å². The summed E-state index contributed by atoms with van der Waals surface area (Å²) in [5.41, 5.74) is -5.50. The van der Waals surface area contributed by atoms with Gasteiger partial charge in [-0.2, -0.15) is 0 Å². The van der Waals surface area contributed by atoms with Crippen LogP contribution in [0.15, 0.2) is 14.4 Å². The highest BCUT2D eigenvalue weighted by atomic mass is 16.6. The van der Waals surface area contributed by atoms with Gasteiger partial charge in [-0.05, 0) is 26.7 Å². The topological polar surface area (TPSA) is 164 Å². The van der Waals surface area contributed by atoms with E-state index in [9.17, 15) is 29.7 Å². The molecule has 3 aliphatic heterocycles. The van der Waals surface area contributed by atoms with Gasteiger partial charge in [-0.1, -0.05) is 0 Å². The molecule has 0 saturated carbocycles. The van der Waals surface area contributed by atoms with Crippen LogP contribution in [0.4, 0.5) is 0 Å². The molecule has 168 valence electrons. The zero-order valence-electron chi connectivity index (χ0n) is 16.8. The van der Waals surface area contributed by atoms with Gasteiger partial charge in [-0.3, -0.25) is 0 Å². The summed E-state index contributed by atoms with van der Waals surface area (Å²) in [6.07, 6.45) is -3.08. The van der Waals surface area contributed by atoms with Crippen molar-refractivity contribution < 1.29 is 29.5 Å². The van der Waals surface area contributed by atoms with Gasteiger partial charge >= 0.3 is 17.1 Å². The molecule has 6 unspecified atom stereocenters. The Labute approximate surface area is 170 Å². The van der Waals surface area contributed by atoms with E-state index in [1.165, 1.54) is 13.8 Å². The van der Waals surface area contributed by atoms with Crippen molar-refractivity contribution in [2.24, 2.45) is 5.92 Å². The van der Waals surface area contributed by atoms with E-state index in [0.29, 0.717) is 46.4 Å². The molecule has 3 fully saturated rings. The minimum absolute atomic E-state index is 0.0654. The summed E-state index contributed by atoms with van der Waals surface area (Å²) in [5, 5.41) is 31.9. The van der Waals surface area contributed by atoms with Gasteiger partial charge in [-0.25, -0.2) is 28.1 Å². The SMILES string of the molecule is CC(O)n1c(=O)n(C(C)O)c(=O)n(C(O)(CC2CO2)C(CC2CO2)CC2CO2)c1=O.